The number of aryl methyl sites for hydroxylation is 2. The molecule has 0 unspecified atom stereocenters. The van der Waals surface area contributed by atoms with Crippen molar-refractivity contribution >= 4 is 17.3 Å². The molecular formula is C16H24N2O. The van der Waals surface area contributed by atoms with Gasteiger partial charge in [0.15, 0.2) is 0 Å². The number of anilines is 2. The van der Waals surface area contributed by atoms with E-state index < -0.39 is 0 Å². The highest BCUT2D eigenvalue weighted by Crippen LogP contribution is 2.42. The summed E-state index contributed by atoms with van der Waals surface area (Å²) in [7, 11) is 0. The van der Waals surface area contributed by atoms with Gasteiger partial charge in [-0.05, 0) is 50.3 Å². The van der Waals surface area contributed by atoms with Crippen LogP contribution in [0.4, 0.5) is 11.4 Å². The minimum absolute atomic E-state index is 0.161. The number of nitrogens with one attached hydrogen (secondary N) is 1. The van der Waals surface area contributed by atoms with Gasteiger partial charge in [-0.15, -0.1) is 0 Å². The molecule has 1 aromatic carbocycles. The summed E-state index contributed by atoms with van der Waals surface area (Å²) in [5.41, 5.74) is 9.49. The van der Waals surface area contributed by atoms with Crippen LogP contribution in [0.25, 0.3) is 0 Å². The molecule has 104 valence electrons. The standard InChI is InChI=1S/C16H24N2O/c1-4-16(7-5-6-8-16)15(19)18-14-10-13(17)11(2)9-12(14)3/h9-10H,4-8,17H2,1-3H3,(H,18,19). The average molecular weight is 260 g/mol. The number of nitrogens with two attached hydrogens (primary N) is 1. The number of nitrogen functional groups attached to an aromatic ring is 1. The molecule has 19 heavy (non-hydrogen) atoms. The molecule has 2 rings (SSSR count). The van der Waals surface area contributed by atoms with Gasteiger partial charge in [-0.1, -0.05) is 25.8 Å². The van der Waals surface area contributed by atoms with E-state index in [0.717, 1.165) is 54.6 Å². The number of carbonyl (C=O) groups is 1. The van der Waals surface area contributed by atoms with Crippen molar-refractivity contribution in [1.82, 2.24) is 0 Å². The van der Waals surface area contributed by atoms with Crippen molar-refractivity contribution in [3.05, 3.63) is 23.3 Å². The average Bonchev–Trinajstić information content (AvgIpc) is 2.86. The summed E-state index contributed by atoms with van der Waals surface area (Å²) < 4.78 is 0. The zero-order valence-corrected chi connectivity index (χ0v) is 12.2. The number of hydrogen-bond acceptors (Lipinski definition) is 2. The van der Waals surface area contributed by atoms with Gasteiger partial charge in [-0.25, -0.2) is 0 Å². The summed E-state index contributed by atoms with van der Waals surface area (Å²) >= 11 is 0. The molecular weight excluding hydrogens is 236 g/mol. The van der Waals surface area contributed by atoms with Crippen LogP contribution in [0.5, 0.6) is 0 Å². The van der Waals surface area contributed by atoms with Gasteiger partial charge in [-0.2, -0.15) is 0 Å². The first kappa shape index (κ1) is 13.9. The summed E-state index contributed by atoms with van der Waals surface area (Å²) in [4.78, 5) is 12.6. The molecule has 1 fully saturated rings. The Kier molecular flexibility index (Phi) is 3.83. The second-order valence-corrected chi connectivity index (χ2v) is 5.82. The number of hydrogen-bond donors (Lipinski definition) is 2. The maximum absolute atomic E-state index is 12.6. The third-order valence-corrected chi connectivity index (χ3v) is 4.58. The second-order valence-electron chi connectivity index (χ2n) is 5.82. The molecule has 0 radical (unpaired) electrons. The number of carbonyl (C=O) groups excluding carboxylic acids is 1. The van der Waals surface area contributed by atoms with Gasteiger partial charge in [-0.3, -0.25) is 4.79 Å². The fourth-order valence-corrected chi connectivity index (χ4v) is 3.05. The Balaban J connectivity index is 2.21. The molecule has 0 saturated heterocycles. The van der Waals surface area contributed by atoms with E-state index in [9.17, 15) is 4.79 Å². The Hall–Kier alpha value is -1.51. The molecule has 0 spiro atoms. The Morgan fingerprint density at radius 3 is 2.47 bits per heavy atom. The minimum atomic E-state index is -0.161. The Labute approximate surface area is 115 Å². The molecule has 3 heteroatoms. The van der Waals surface area contributed by atoms with Crippen LogP contribution in [-0.4, -0.2) is 5.91 Å². The largest absolute Gasteiger partial charge is 0.398 e. The van der Waals surface area contributed by atoms with Gasteiger partial charge in [0.25, 0.3) is 0 Å². The zero-order chi connectivity index (χ0) is 14.0. The first-order valence-electron chi connectivity index (χ1n) is 7.17. The lowest BCUT2D eigenvalue weighted by Gasteiger charge is -2.26. The van der Waals surface area contributed by atoms with Crippen molar-refractivity contribution in [1.29, 1.82) is 0 Å². The summed E-state index contributed by atoms with van der Waals surface area (Å²) in [6.45, 7) is 6.11. The number of rotatable bonds is 3. The normalized spacial score (nSPS) is 17.4. The van der Waals surface area contributed by atoms with Crippen LogP contribution in [0.2, 0.25) is 0 Å². The lowest BCUT2D eigenvalue weighted by atomic mass is 9.82. The third-order valence-electron chi connectivity index (χ3n) is 4.58. The molecule has 3 N–H and O–H groups in total. The zero-order valence-electron chi connectivity index (χ0n) is 12.2. The molecule has 1 aromatic rings. The SMILES string of the molecule is CCC1(C(=O)Nc2cc(N)c(C)cc2C)CCCC1. The Bertz CT molecular complexity index is 488. The monoisotopic (exact) mass is 260 g/mol. The summed E-state index contributed by atoms with van der Waals surface area (Å²) in [6, 6.07) is 3.90. The van der Waals surface area contributed by atoms with Crippen molar-refractivity contribution in [2.75, 3.05) is 11.1 Å². The predicted octanol–water partition coefficient (Wildman–Crippen LogP) is 3.79. The molecule has 1 aliphatic rings. The van der Waals surface area contributed by atoms with Crippen molar-refractivity contribution in [3.63, 3.8) is 0 Å². The highest BCUT2D eigenvalue weighted by molar-refractivity contribution is 5.96. The number of amides is 1. The summed E-state index contributed by atoms with van der Waals surface area (Å²) in [5, 5.41) is 3.09. The van der Waals surface area contributed by atoms with Crippen molar-refractivity contribution in [3.8, 4) is 0 Å². The smallest absolute Gasteiger partial charge is 0.230 e. The van der Waals surface area contributed by atoms with Gasteiger partial charge >= 0.3 is 0 Å². The van der Waals surface area contributed by atoms with Crippen LogP contribution in [0.3, 0.4) is 0 Å². The Morgan fingerprint density at radius 1 is 1.26 bits per heavy atom. The summed E-state index contributed by atoms with van der Waals surface area (Å²) in [5.74, 6) is 0.166. The van der Waals surface area contributed by atoms with Crippen LogP contribution in [0.15, 0.2) is 12.1 Å². The van der Waals surface area contributed by atoms with Crippen LogP contribution in [0.1, 0.15) is 50.2 Å². The Morgan fingerprint density at radius 2 is 1.89 bits per heavy atom. The second kappa shape index (κ2) is 5.24. The van der Waals surface area contributed by atoms with Crippen molar-refractivity contribution in [2.24, 2.45) is 5.41 Å². The molecule has 1 saturated carbocycles. The van der Waals surface area contributed by atoms with Crippen LogP contribution in [-0.2, 0) is 4.79 Å². The van der Waals surface area contributed by atoms with E-state index in [1.54, 1.807) is 0 Å². The first-order chi connectivity index (χ1) is 8.98. The van der Waals surface area contributed by atoms with Crippen LogP contribution < -0.4 is 11.1 Å². The lowest BCUT2D eigenvalue weighted by Crippen LogP contribution is -2.33. The molecule has 3 nitrogen and oxygen atoms in total. The van der Waals surface area contributed by atoms with Crippen molar-refractivity contribution < 1.29 is 4.79 Å². The molecule has 0 heterocycles. The topological polar surface area (TPSA) is 55.1 Å². The number of benzene rings is 1. The van der Waals surface area contributed by atoms with Gasteiger partial charge in [0.2, 0.25) is 5.91 Å². The summed E-state index contributed by atoms with van der Waals surface area (Å²) in [6.07, 6.45) is 5.26. The maximum atomic E-state index is 12.6. The van der Waals surface area contributed by atoms with Gasteiger partial charge in [0.05, 0.1) is 0 Å². The molecule has 0 atom stereocenters. The molecule has 0 bridgehead atoms. The van der Waals surface area contributed by atoms with E-state index in [0.29, 0.717) is 0 Å². The van der Waals surface area contributed by atoms with Gasteiger partial charge in [0, 0.05) is 16.8 Å². The van der Waals surface area contributed by atoms with E-state index in [2.05, 4.69) is 12.2 Å². The van der Waals surface area contributed by atoms with E-state index >= 15 is 0 Å². The van der Waals surface area contributed by atoms with Crippen LogP contribution >= 0.6 is 0 Å². The molecule has 1 aliphatic carbocycles. The van der Waals surface area contributed by atoms with Crippen LogP contribution in [0, 0.1) is 19.3 Å². The quantitative estimate of drug-likeness (QED) is 0.812. The predicted molar refractivity (Wildman–Crippen MR) is 80.2 cm³/mol. The van der Waals surface area contributed by atoms with Gasteiger partial charge in [0.1, 0.15) is 0 Å². The maximum Gasteiger partial charge on any atom is 0.230 e. The highest BCUT2D eigenvalue weighted by Gasteiger charge is 2.39. The molecule has 0 aliphatic heterocycles. The fraction of sp³-hybridized carbons (Fsp3) is 0.562. The molecule has 1 amide bonds. The van der Waals surface area contributed by atoms with E-state index in [1.165, 1.54) is 0 Å². The van der Waals surface area contributed by atoms with E-state index in [-0.39, 0.29) is 11.3 Å². The van der Waals surface area contributed by atoms with E-state index in [4.69, 9.17) is 5.73 Å². The molecule has 0 aromatic heterocycles. The lowest BCUT2D eigenvalue weighted by molar-refractivity contribution is -0.125. The minimum Gasteiger partial charge on any atom is -0.398 e. The fourth-order valence-electron chi connectivity index (χ4n) is 3.05. The van der Waals surface area contributed by atoms with E-state index in [1.807, 2.05) is 26.0 Å². The van der Waals surface area contributed by atoms with Gasteiger partial charge < -0.3 is 11.1 Å². The van der Waals surface area contributed by atoms with Crippen molar-refractivity contribution in [2.45, 2.75) is 52.9 Å². The first-order valence-corrected chi connectivity index (χ1v) is 7.17. The highest BCUT2D eigenvalue weighted by atomic mass is 16.2. The third kappa shape index (κ3) is 2.60.